The predicted octanol–water partition coefficient (Wildman–Crippen LogP) is 3.85. The lowest BCUT2D eigenvalue weighted by atomic mass is 10.2. The zero-order valence-electron chi connectivity index (χ0n) is 12.6. The molecule has 1 amide bonds. The molecule has 21 heavy (non-hydrogen) atoms. The number of ether oxygens (including phenoxy) is 1. The van der Waals surface area contributed by atoms with Crippen LogP contribution in [0.15, 0.2) is 12.4 Å². The first-order valence-electron chi connectivity index (χ1n) is 6.74. The summed E-state index contributed by atoms with van der Waals surface area (Å²) in [4.78, 5) is 22.5. The molecule has 7 heteroatoms. The molecule has 0 aliphatic carbocycles. The highest BCUT2D eigenvalue weighted by atomic mass is 32.1. The molecule has 2 aromatic heterocycles. The predicted molar refractivity (Wildman–Crippen MR) is 85.7 cm³/mol. The van der Waals surface area contributed by atoms with Gasteiger partial charge in [-0.25, -0.2) is 14.8 Å². The summed E-state index contributed by atoms with van der Waals surface area (Å²) in [6, 6.07) is 0. The molecular weight excluding hydrogens is 306 g/mol. The van der Waals surface area contributed by atoms with Crippen molar-refractivity contribution in [3.05, 3.63) is 22.1 Å². The Balaban J connectivity index is 1.93. The molecule has 2 rings (SSSR count). The second-order valence-corrected chi connectivity index (χ2v) is 7.70. The molecule has 0 saturated heterocycles. The molecule has 0 atom stereocenters. The van der Waals surface area contributed by atoms with Crippen LogP contribution in [0.5, 0.6) is 0 Å². The number of carbonyl (C=O) groups excluding carboxylic acids is 1. The second kappa shape index (κ2) is 6.53. The summed E-state index contributed by atoms with van der Waals surface area (Å²) < 4.78 is 5.19. The van der Waals surface area contributed by atoms with E-state index in [0.717, 1.165) is 21.3 Å². The molecule has 0 fully saturated rings. The number of thiazole rings is 2. The lowest BCUT2D eigenvalue weighted by Gasteiger charge is -2.19. The molecule has 0 unspecified atom stereocenters. The van der Waals surface area contributed by atoms with Gasteiger partial charge in [0.05, 0.1) is 6.54 Å². The van der Waals surface area contributed by atoms with Crippen LogP contribution in [0.3, 0.4) is 0 Å². The number of nitrogens with zero attached hydrogens (tertiary/aromatic N) is 2. The Morgan fingerprint density at radius 1 is 1.19 bits per heavy atom. The summed E-state index contributed by atoms with van der Waals surface area (Å²) in [6.45, 7) is 8.04. The van der Waals surface area contributed by atoms with Gasteiger partial charge in [-0.05, 0) is 27.2 Å². The van der Waals surface area contributed by atoms with E-state index in [1.165, 1.54) is 16.2 Å². The van der Waals surface area contributed by atoms with Crippen molar-refractivity contribution in [3.63, 3.8) is 0 Å². The largest absolute Gasteiger partial charge is 0.444 e. The zero-order valence-corrected chi connectivity index (χ0v) is 14.2. The van der Waals surface area contributed by atoms with Crippen molar-refractivity contribution in [2.45, 2.75) is 46.3 Å². The van der Waals surface area contributed by atoms with Gasteiger partial charge >= 0.3 is 6.09 Å². The fraction of sp³-hybridized carbons (Fsp3) is 0.500. The van der Waals surface area contributed by atoms with Crippen LogP contribution in [-0.2, 0) is 17.7 Å². The van der Waals surface area contributed by atoms with Crippen LogP contribution in [-0.4, -0.2) is 21.7 Å². The third-order valence-corrected chi connectivity index (χ3v) is 4.73. The fourth-order valence-corrected chi connectivity index (χ4v) is 3.27. The maximum absolute atomic E-state index is 11.6. The van der Waals surface area contributed by atoms with Crippen molar-refractivity contribution in [1.29, 1.82) is 0 Å². The first-order valence-corrected chi connectivity index (χ1v) is 8.37. The van der Waals surface area contributed by atoms with Crippen molar-refractivity contribution in [3.8, 4) is 10.0 Å². The van der Waals surface area contributed by atoms with E-state index in [1.54, 1.807) is 17.5 Å². The van der Waals surface area contributed by atoms with E-state index in [-0.39, 0.29) is 0 Å². The maximum atomic E-state index is 11.6. The minimum absolute atomic E-state index is 0.415. The second-order valence-electron chi connectivity index (χ2n) is 5.47. The lowest BCUT2D eigenvalue weighted by molar-refractivity contribution is 0.0524. The molecule has 2 aromatic rings. The molecule has 0 aliphatic heterocycles. The van der Waals surface area contributed by atoms with Crippen LogP contribution in [0.1, 0.15) is 37.4 Å². The summed E-state index contributed by atoms with van der Waals surface area (Å²) in [6.07, 6.45) is 4.22. The minimum Gasteiger partial charge on any atom is -0.444 e. The number of amides is 1. The first kappa shape index (κ1) is 15.9. The maximum Gasteiger partial charge on any atom is 0.407 e. The van der Waals surface area contributed by atoms with E-state index in [2.05, 4.69) is 22.2 Å². The van der Waals surface area contributed by atoms with Gasteiger partial charge in [0.1, 0.15) is 5.60 Å². The van der Waals surface area contributed by atoms with Gasteiger partial charge < -0.3 is 10.1 Å². The van der Waals surface area contributed by atoms with Crippen molar-refractivity contribution < 1.29 is 9.53 Å². The van der Waals surface area contributed by atoms with Gasteiger partial charge in [-0.1, -0.05) is 6.92 Å². The smallest absolute Gasteiger partial charge is 0.407 e. The Labute approximate surface area is 132 Å². The molecule has 5 nitrogen and oxygen atoms in total. The Morgan fingerprint density at radius 2 is 1.76 bits per heavy atom. The van der Waals surface area contributed by atoms with E-state index in [0.29, 0.717) is 6.54 Å². The van der Waals surface area contributed by atoms with E-state index in [4.69, 9.17) is 4.74 Å². The van der Waals surface area contributed by atoms with Crippen LogP contribution in [0, 0.1) is 0 Å². The number of hydrogen-bond acceptors (Lipinski definition) is 6. The van der Waals surface area contributed by atoms with Crippen molar-refractivity contribution >= 4 is 28.8 Å². The number of carbonyl (C=O) groups is 1. The van der Waals surface area contributed by atoms with Gasteiger partial charge in [0.25, 0.3) is 0 Å². The standard InChI is InChI=1S/C14H19N3O2S2/c1-5-9-6-15-11(20-9)12-16-7-10(21-12)8-17-13(18)19-14(2,3)4/h6-7H,5,8H2,1-4H3,(H,17,18). The first-order chi connectivity index (χ1) is 9.87. The number of aryl methyl sites for hydroxylation is 1. The van der Waals surface area contributed by atoms with Crippen LogP contribution in [0.25, 0.3) is 10.0 Å². The minimum atomic E-state index is -0.486. The van der Waals surface area contributed by atoms with Gasteiger partial charge in [0.2, 0.25) is 0 Å². The molecule has 0 saturated carbocycles. The average Bonchev–Trinajstić information content (AvgIpc) is 3.03. The normalized spacial score (nSPS) is 11.4. The van der Waals surface area contributed by atoms with Gasteiger partial charge in [-0.3, -0.25) is 0 Å². The number of nitrogens with one attached hydrogen (secondary N) is 1. The highest BCUT2D eigenvalue weighted by Gasteiger charge is 2.16. The number of aromatic nitrogens is 2. The van der Waals surface area contributed by atoms with E-state index in [1.807, 2.05) is 27.0 Å². The summed E-state index contributed by atoms with van der Waals surface area (Å²) in [5, 5.41) is 4.55. The van der Waals surface area contributed by atoms with Gasteiger partial charge in [-0.2, -0.15) is 0 Å². The Kier molecular flexibility index (Phi) is 4.95. The summed E-state index contributed by atoms with van der Waals surface area (Å²) in [7, 11) is 0. The van der Waals surface area contributed by atoms with Crippen LogP contribution in [0.2, 0.25) is 0 Å². The monoisotopic (exact) mass is 325 g/mol. The molecule has 2 heterocycles. The summed E-state index contributed by atoms with van der Waals surface area (Å²) in [5.41, 5.74) is -0.486. The topological polar surface area (TPSA) is 64.1 Å². The van der Waals surface area contributed by atoms with Crippen molar-refractivity contribution in [2.24, 2.45) is 0 Å². The molecule has 0 bridgehead atoms. The third-order valence-electron chi connectivity index (χ3n) is 2.44. The number of alkyl carbamates (subject to hydrolysis) is 1. The van der Waals surface area contributed by atoms with E-state index >= 15 is 0 Å². The van der Waals surface area contributed by atoms with E-state index in [9.17, 15) is 4.79 Å². The Bertz CT molecular complexity index is 614. The van der Waals surface area contributed by atoms with E-state index < -0.39 is 11.7 Å². The van der Waals surface area contributed by atoms with Crippen LogP contribution in [0.4, 0.5) is 4.79 Å². The molecule has 0 aliphatic rings. The third kappa shape index (κ3) is 4.78. The molecular formula is C14H19N3O2S2. The summed E-state index contributed by atoms with van der Waals surface area (Å²) >= 11 is 3.19. The Morgan fingerprint density at radius 3 is 2.29 bits per heavy atom. The van der Waals surface area contributed by atoms with Crippen molar-refractivity contribution in [1.82, 2.24) is 15.3 Å². The van der Waals surface area contributed by atoms with Crippen LogP contribution < -0.4 is 5.32 Å². The zero-order chi connectivity index (χ0) is 15.5. The van der Waals surface area contributed by atoms with Crippen molar-refractivity contribution in [2.75, 3.05) is 0 Å². The molecule has 0 spiro atoms. The SMILES string of the molecule is CCc1cnc(-c2ncc(CNC(=O)OC(C)(C)C)s2)s1. The lowest BCUT2D eigenvalue weighted by Crippen LogP contribution is -2.31. The van der Waals surface area contributed by atoms with Gasteiger partial charge in [-0.15, -0.1) is 22.7 Å². The molecule has 114 valence electrons. The van der Waals surface area contributed by atoms with Gasteiger partial charge in [0, 0.05) is 22.1 Å². The Hall–Kier alpha value is -1.47. The highest BCUT2D eigenvalue weighted by Crippen LogP contribution is 2.29. The average molecular weight is 325 g/mol. The van der Waals surface area contributed by atoms with Gasteiger partial charge in [0.15, 0.2) is 10.0 Å². The van der Waals surface area contributed by atoms with Crippen LogP contribution >= 0.6 is 22.7 Å². The quantitative estimate of drug-likeness (QED) is 0.927. The highest BCUT2D eigenvalue weighted by molar-refractivity contribution is 7.21. The summed E-state index contributed by atoms with van der Waals surface area (Å²) in [5.74, 6) is 0. The number of rotatable bonds is 4. The number of hydrogen-bond donors (Lipinski definition) is 1. The molecule has 0 radical (unpaired) electrons. The fourth-order valence-electron chi connectivity index (χ4n) is 1.53. The molecule has 0 aromatic carbocycles. The molecule has 1 N–H and O–H groups in total.